The number of hydrogen-bond donors (Lipinski definition) is 0. The Labute approximate surface area is 94.4 Å². The van der Waals surface area contributed by atoms with Crippen LogP contribution in [0.5, 0.6) is 0 Å². The fourth-order valence-corrected chi connectivity index (χ4v) is 3.26. The molecule has 0 amide bonds. The van der Waals surface area contributed by atoms with E-state index in [2.05, 4.69) is 0 Å². The number of halogens is 1. The molecule has 1 fully saturated rings. The minimum atomic E-state index is 0.257. The third-order valence-electron chi connectivity index (χ3n) is 3.78. The first-order chi connectivity index (χ1) is 7.27. The van der Waals surface area contributed by atoms with Gasteiger partial charge in [-0.15, -0.1) is 0 Å². The van der Waals surface area contributed by atoms with E-state index in [1.165, 1.54) is 18.4 Å². The van der Waals surface area contributed by atoms with Gasteiger partial charge >= 0.3 is 0 Å². The molecule has 0 aromatic heterocycles. The number of fused-ring (bicyclic) bond motifs is 3. The number of benzene rings is 1. The van der Waals surface area contributed by atoms with Gasteiger partial charge in [0.2, 0.25) is 0 Å². The van der Waals surface area contributed by atoms with E-state index in [9.17, 15) is 4.79 Å². The maximum atomic E-state index is 12.1. The van der Waals surface area contributed by atoms with E-state index in [0.29, 0.717) is 11.7 Å². The maximum absolute atomic E-state index is 12.1. The molecule has 1 nitrogen and oxygen atoms in total. The molecule has 2 aliphatic rings. The quantitative estimate of drug-likeness (QED) is 0.650. The van der Waals surface area contributed by atoms with Crippen molar-refractivity contribution in [2.75, 3.05) is 0 Å². The lowest BCUT2D eigenvalue weighted by Gasteiger charge is -2.24. The zero-order valence-corrected chi connectivity index (χ0v) is 9.26. The number of carbonyl (C=O) groups excluding carboxylic acids is 1. The van der Waals surface area contributed by atoms with E-state index >= 15 is 0 Å². The van der Waals surface area contributed by atoms with Gasteiger partial charge in [0.25, 0.3) is 0 Å². The summed E-state index contributed by atoms with van der Waals surface area (Å²) in [5.74, 6) is 1.07. The summed E-state index contributed by atoms with van der Waals surface area (Å²) in [4.78, 5) is 12.1. The van der Waals surface area contributed by atoms with Crippen molar-refractivity contribution < 1.29 is 4.79 Å². The fraction of sp³-hybridized carbons (Fsp3) is 0.462. The van der Waals surface area contributed by atoms with Crippen molar-refractivity contribution in [2.24, 2.45) is 5.92 Å². The van der Waals surface area contributed by atoms with Crippen molar-refractivity contribution in [3.8, 4) is 0 Å². The Kier molecular flexibility index (Phi) is 2.10. The highest BCUT2D eigenvalue weighted by Gasteiger charge is 2.40. The second kappa shape index (κ2) is 3.34. The van der Waals surface area contributed by atoms with Crippen LogP contribution in [-0.2, 0) is 0 Å². The molecule has 0 heterocycles. The number of ketones is 1. The van der Waals surface area contributed by atoms with Crippen LogP contribution in [0.15, 0.2) is 18.2 Å². The standard InChI is InChI=1S/C13H13ClO/c14-8-5-6-11-12(7-8)9-3-1-2-4-10(9)13(11)15/h5-7,9-10H,1-4H2/t9-,10+/m0/s1. The van der Waals surface area contributed by atoms with Crippen LogP contribution in [-0.4, -0.2) is 5.78 Å². The number of carbonyl (C=O) groups is 1. The van der Waals surface area contributed by atoms with E-state index < -0.39 is 0 Å². The maximum Gasteiger partial charge on any atom is 0.166 e. The van der Waals surface area contributed by atoms with Crippen LogP contribution in [0.25, 0.3) is 0 Å². The van der Waals surface area contributed by atoms with Gasteiger partial charge in [-0.1, -0.05) is 24.4 Å². The van der Waals surface area contributed by atoms with Gasteiger partial charge in [0.05, 0.1) is 0 Å². The molecule has 0 N–H and O–H groups in total. The van der Waals surface area contributed by atoms with Gasteiger partial charge in [-0.2, -0.15) is 0 Å². The summed E-state index contributed by atoms with van der Waals surface area (Å²) in [5, 5.41) is 0.757. The van der Waals surface area contributed by atoms with Crippen molar-refractivity contribution in [1.29, 1.82) is 0 Å². The molecule has 0 radical (unpaired) electrons. The molecule has 1 aromatic rings. The first kappa shape index (κ1) is 9.41. The predicted octanol–water partition coefficient (Wildman–Crippen LogP) is 3.81. The summed E-state index contributed by atoms with van der Waals surface area (Å²) >= 11 is 5.99. The second-order valence-corrected chi connectivity index (χ2v) is 5.03. The minimum Gasteiger partial charge on any atom is -0.294 e. The van der Waals surface area contributed by atoms with E-state index in [-0.39, 0.29) is 5.92 Å². The Hall–Kier alpha value is -0.820. The van der Waals surface area contributed by atoms with E-state index in [4.69, 9.17) is 11.6 Å². The average molecular weight is 221 g/mol. The molecule has 0 bridgehead atoms. The third kappa shape index (κ3) is 1.33. The van der Waals surface area contributed by atoms with Crippen molar-refractivity contribution in [3.63, 3.8) is 0 Å². The lowest BCUT2D eigenvalue weighted by molar-refractivity contribution is 0.0898. The van der Waals surface area contributed by atoms with Gasteiger partial charge in [0, 0.05) is 16.5 Å². The van der Waals surface area contributed by atoms with Crippen LogP contribution < -0.4 is 0 Å². The molecule has 15 heavy (non-hydrogen) atoms. The Morgan fingerprint density at radius 1 is 1.13 bits per heavy atom. The minimum absolute atomic E-state index is 0.257. The molecular formula is C13H13ClO. The van der Waals surface area contributed by atoms with Gasteiger partial charge < -0.3 is 0 Å². The van der Waals surface area contributed by atoms with Gasteiger partial charge in [-0.25, -0.2) is 0 Å². The van der Waals surface area contributed by atoms with Crippen LogP contribution in [0, 0.1) is 5.92 Å². The van der Waals surface area contributed by atoms with Crippen molar-refractivity contribution in [3.05, 3.63) is 34.3 Å². The zero-order chi connectivity index (χ0) is 10.4. The zero-order valence-electron chi connectivity index (χ0n) is 8.50. The molecule has 78 valence electrons. The first-order valence-electron chi connectivity index (χ1n) is 5.61. The molecule has 2 atom stereocenters. The summed E-state index contributed by atoms with van der Waals surface area (Å²) in [6, 6.07) is 5.72. The monoisotopic (exact) mass is 220 g/mol. The average Bonchev–Trinajstić information content (AvgIpc) is 2.54. The molecule has 0 saturated heterocycles. The first-order valence-corrected chi connectivity index (χ1v) is 5.99. The van der Waals surface area contributed by atoms with Crippen LogP contribution >= 0.6 is 11.6 Å². The van der Waals surface area contributed by atoms with E-state index in [0.717, 1.165) is 23.4 Å². The topological polar surface area (TPSA) is 17.1 Å². The van der Waals surface area contributed by atoms with Crippen molar-refractivity contribution in [2.45, 2.75) is 31.6 Å². The summed E-state index contributed by atoms with van der Waals surface area (Å²) in [6.07, 6.45) is 4.68. The molecule has 2 heteroatoms. The third-order valence-corrected chi connectivity index (χ3v) is 4.02. The molecular weight excluding hydrogens is 208 g/mol. The van der Waals surface area contributed by atoms with E-state index in [1.807, 2.05) is 18.2 Å². The normalized spacial score (nSPS) is 28.7. The van der Waals surface area contributed by atoms with E-state index in [1.54, 1.807) is 0 Å². The Balaban J connectivity index is 2.12. The summed E-state index contributed by atoms with van der Waals surface area (Å²) < 4.78 is 0. The molecule has 1 aromatic carbocycles. The molecule has 3 rings (SSSR count). The highest BCUT2D eigenvalue weighted by atomic mass is 35.5. The Bertz CT molecular complexity index is 425. The molecule has 2 aliphatic carbocycles. The Morgan fingerprint density at radius 2 is 1.87 bits per heavy atom. The van der Waals surface area contributed by atoms with Crippen LogP contribution in [0.3, 0.4) is 0 Å². The highest BCUT2D eigenvalue weighted by molar-refractivity contribution is 6.30. The number of hydrogen-bond acceptors (Lipinski definition) is 1. The molecule has 0 aliphatic heterocycles. The Morgan fingerprint density at radius 3 is 2.67 bits per heavy atom. The van der Waals surface area contributed by atoms with Crippen molar-refractivity contribution in [1.82, 2.24) is 0 Å². The van der Waals surface area contributed by atoms with Gasteiger partial charge in [-0.05, 0) is 42.5 Å². The number of Topliss-reactive ketones (excluding diaryl/α,β-unsaturated/α-hetero) is 1. The molecule has 0 spiro atoms. The van der Waals surface area contributed by atoms with Gasteiger partial charge in [-0.3, -0.25) is 4.79 Å². The number of rotatable bonds is 0. The fourth-order valence-electron chi connectivity index (χ4n) is 3.08. The highest BCUT2D eigenvalue weighted by Crippen LogP contribution is 2.46. The largest absolute Gasteiger partial charge is 0.294 e. The summed E-state index contributed by atoms with van der Waals surface area (Å²) in [5.41, 5.74) is 2.13. The van der Waals surface area contributed by atoms with Crippen LogP contribution in [0.1, 0.15) is 47.5 Å². The molecule has 0 unspecified atom stereocenters. The summed E-state index contributed by atoms with van der Waals surface area (Å²) in [7, 11) is 0. The SMILES string of the molecule is O=C1c2ccc(Cl)cc2[C@H]2CCCC[C@@H]12. The van der Waals surface area contributed by atoms with Gasteiger partial charge in [0.15, 0.2) is 5.78 Å². The molecule has 1 saturated carbocycles. The van der Waals surface area contributed by atoms with Crippen LogP contribution in [0.2, 0.25) is 5.02 Å². The van der Waals surface area contributed by atoms with Crippen molar-refractivity contribution >= 4 is 17.4 Å². The smallest absolute Gasteiger partial charge is 0.166 e. The predicted molar refractivity (Wildman–Crippen MR) is 60.5 cm³/mol. The lowest BCUT2D eigenvalue weighted by atomic mass is 9.79. The van der Waals surface area contributed by atoms with Gasteiger partial charge in [0.1, 0.15) is 0 Å². The lowest BCUT2D eigenvalue weighted by Crippen LogP contribution is -2.17. The van der Waals surface area contributed by atoms with Crippen LogP contribution in [0.4, 0.5) is 0 Å². The second-order valence-electron chi connectivity index (χ2n) is 4.59. The summed E-state index contributed by atoms with van der Waals surface area (Å²) in [6.45, 7) is 0.